The molecule has 0 spiro atoms. The van der Waals surface area contributed by atoms with Gasteiger partial charge < -0.3 is 9.47 Å². The van der Waals surface area contributed by atoms with E-state index in [0.29, 0.717) is 6.04 Å². The molecule has 24 heavy (non-hydrogen) atoms. The molecule has 1 aliphatic heterocycles. The van der Waals surface area contributed by atoms with Gasteiger partial charge >= 0.3 is 0 Å². The third kappa shape index (κ3) is 3.51. The first-order valence-electron chi connectivity index (χ1n) is 8.27. The van der Waals surface area contributed by atoms with Crippen LogP contribution in [0, 0.1) is 0 Å². The largest absolute Gasteiger partial charge is 0.493 e. The summed E-state index contributed by atoms with van der Waals surface area (Å²) in [5.41, 5.74) is 3.85. The lowest BCUT2D eigenvalue weighted by molar-refractivity contribution is -0.573. The molecule has 0 aromatic heterocycles. The molecular weight excluding hydrogens is 298 g/mol. The molecule has 2 aromatic carbocycles. The molecule has 0 aliphatic carbocycles. The normalized spacial score (nSPS) is 17.0. The number of methoxy groups -OCH3 is 2. The highest BCUT2D eigenvalue weighted by atomic mass is 16.5. The summed E-state index contributed by atoms with van der Waals surface area (Å²) in [6, 6.07) is 17.2. The zero-order valence-corrected chi connectivity index (χ0v) is 14.5. The molecule has 0 saturated carbocycles. The molecule has 1 aliphatic rings. The summed E-state index contributed by atoms with van der Waals surface area (Å²) in [5.74, 6) is 1.54. The minimum absolute atomic E-state index is 0.457. The fraction of sp³-hybridized carbons (Fsp3) is 0.286. The van der Waals surface area contributed by atoms with Gasteiger partial charge in [0.15, 0.2) is 30.3 Å². The van der Waals surface area contributed by atoms with Crippen LogP contribution in [-0.4, -0.2) is 31.1 Å². The Labute approximate surface area is 143 Å². The molecule has 0 fully saturated rings. The van der Waals surface area contributed by atoms with Gasteiger partial charge in [0.2, 0.25) is 0 Å². The molecule has 0 N–H and O–H groups in total. The van der Waals surface area contributed by atoms with E-state index in [0.717, 1.165) is 24.5 Å². The van der Waals surface area contributed by atoms with Crippen molar-refractivity contribution < 1.29 is 14.0 Å². The maximum Gasteiger partial charge on any atom is 0.168 e. The molecule has 124 valence electrons. The highest BCUT2D eigenvalue weighted by molar-refractivity contribution is 5.84. The number of hydrogen-bond donors (Lipinski definition) is 0. The molecule has 1 heterocycles. The van der Waals surface area contributed by atoms with E-state index in [9.17, 15) is 0 Å². The van der Waals surface area contributed by atoms with Crippen molar-refractivity contribution in [3.63, 3.8) is 0 Å². The number of hydrogen-bond acceptors (Lipinski definition) is 2. The molecule has 0 radical (unpaired) electrons. The van der Waals surface area contributed by atoms with Gasteiger partial charge in [-0.25, -0.2) is 4.58 Å². The van der Waals surface area contributed by atoms with E-state index < -0.39 is 0 Å². The van der Waals surface area contributed by atoms with Crippen LogP contribution in [0.5, 0.6) is 11.5 Å². The molecular formula is C21H24NO2+. The summed E-state index contributed by atoms with van der Waals surface area (Å²) in [4.78, 5) is 0. The van der Waals surface area contributed by atoms with Crippen LogP contribution in [0.25, 0.3) is 5.57 Å². The van der Waals surface area contributed by atoms with Crippen LogP contribution in [-0.2, 0) is 6.54 Å². The molecule has 3 rings (SSSR count). The Morgan fingerprint density at radius 1 is 1.00 bits per heavy atom. The van der Waals surface area contributed by atoms with E-state index in [-0.39, 0.29) is 0 Å². The standard InChI is InChI=1S/C21H24NO2/c1-16-13-19(18-9-10-20(23-2)21(14-18)24-3)11-12-22(16)15-17-7-5-4-6-8-17/h4-12,14,16H,13,15H2,1-3H3/q+1. The van der Waals surface area contributed by atoms with E-state index in [1.807, 2.05) is 6.07 Å². The van der Waals surface area contributed by atoms with Gasteiger partial charge in [-0.15, -0.1) is 0 Å². The van der Waals surface area contributed by atoms with E-state index in [1.165, 1.54) is 16.7 Å². The molecule has 2 aromatic rings. The Morgan fingerprint density at radius 2 is 1.75 bits per heavy atom. The lowest BCUT2D eigenvalue weighted by Crippen LogP contribution is -2.27. The lowest BCUT2D eigenvalue weighted by Gasteiger charge is -2.19. The summed E-state index contributed by atoms with van der Waals surface area (Å²) in [6.45, 7) is 3.21. The van der Waals surface area contributed by atoms with Crippen LogP contribution in [0.1, 0.15) is 24.5 Å². The van der Waals surface area contributed by atoms with Gasteiger partial charge in [0.25, 0.3) is 0 Å². The second-order valence-electron chi connectivity index (χ2n) is 6.12. The second-order valence-corrected chi connectivity index (χ2v) is 6.12. The predicted molar refractivity (Wildman–Crippen MR) is 98.1 cm³/mol. The molecule has 0 amide bonds. The molecule has 1 unspecified atom stereocenters. The first-order valence-corrected chi connectivity index (χ1v) is 8.27. The Morgan fingerprint density at radius 3 is 2.42 bits per heavy atom. The lowest BCUT2D eigenvalue weighted by atomic mass is 9.96. The third-order valence-corrected chi connectivity index (χ3v) is 4.51. The number of ether oxygens (including phenoxy) is 2. The number of allylic oxidation sites excluding steroid dienone is 1. The van der Waals surface area contributed by atoms with Crippen molar-refractivity contribution in [3.05, 3.63) is 65.7 Å². The van der Waals surface area contributed by atoms with E-state index in [2.05, 4.69) is 66.3 Å². The predicted octanol–water partition coefficient (Wildman–Crippen LogP) is 4.16. The zero-order valence-electron chi connectivity index (χ0n) is 14.5. The van der Waals surface area contributed by atoms with Crippen LogP contribution in [0.15, 0.2) is 54.6 Å². The van der Waals surface area contributed by atoms with E-state index in [4.69, 9.17) is 9.47 Å². The van der Waals surface area contributed by atoms with Gasteiger partial charge in [-0.2, -0.15) is 0 Å². The van der Waals surface area contributed by atoms with Crippen molar-refractivity contribution in [1.29, 1.82) is 0 Å². The van der Waals surface area contributed by atoms with Crippen molar-refractivity contribution in [2.75, 3.05) is 14.2 Å². The molecule has 3 heteroatoms. The fourth-order valence-electron chi connectivity index (χ4n) is 3.09. The van der Waals surface area contributed by atoms with Gasteiger partial charge in [-0.3, -0.25) is 0 Å². The Balaban J connectivity index is 1.83. The summed E-state index contributed by atoms with van der Waals surface area (Å²) < 4.78 is 13.1. The van der Waals surface area contributed by atoms with Crippen LogP contribution in [0.2, 0.25) is 0 Å². The van der Waals surface area contributed by atoms with Crippen LogP contribution in [0.3, 0.4) is 0 Å². The van der Waals surface area contributed by atoms with Crippen molar-refractivity contribution in [2.24, 2.45) is 0 Å². The summed E-state index contributed by atoms with van der Waals surface area (Å²) >= 11 is 0. The van der Waals surface area contributed by atoms with Gasteiger partial charge in [0.1, 0.15) is 0 Å². The van der Waals surface area contributed by atoms with Crippen molar-refractivity contribution in [1.82, 2.24) is 0 Å². The van der Waals surface area contributed by atoms with Crippen LogP contribution in [0.4, 0.5) is 0 Å². The zero-order chi connectivity index (χ0) is 16.9. The molecule has 1 atom stereocenters. The first kappa shape index (κ1) is 16.3. The van der Waals surface area contributed by atoms with Gasteiger partial charge in [-0.05, 0) is 30.2 Å². The van der Waals surface area contributed by atoms with Gasteiger partial charge in [0, 0.05) is 18.1 Å². The SMILES string of the molecule is COc1ccc(C2=CC=[N+](Cc3ccccc3)C(C)C2)cc1OC. The monoisotopic (exact) mass is 322 g/mol. The first-order chi connectivity index (χ1) is 11.7. The number of rotatable bonds is 5. The fourth-order valence-corrected chi connectivity index (χ4v) is 3.09. The average molecular weight is 322 g/mol. The van der Waals surface area contributed by atoms with E-state index >= 15 is 0 Å². The number of benzene rings is 2. The third-order valence-electron chi connectivity index (χ3n) is 4.51. The minimum Gasteiger partial charge on any atom is -0.493 e. The van der Waals surface area contributed by atoms with Crippen molar-refractivity contribution in [3.8, 4) is 11.5 Å². The summed E-state index contributed by atoms with van der Waals surface area (Å²) in [5, 5.41) is 0. The highest BCUT2D eigenvalue weighted by Crippen LogP contribution is 2.32. The van der Waals surface area contributed by atoms with Gasteiger partial charge in [-0.1, -0.05) is 36.4 Å². The highest BCUT2D eigenvalue weighted by Gasteiger charge is 2.22. The minimum atomic E-state index is 0.457. The topological polar surface area (TPSA) is 21.5 Å². The van der Waals surface area contributed by atoms with Crippen molar-refractivity contribution in [2.45, 2.75) is 25.9 Å². The summed E-state index contributed by atoms with van der Waals surface area (Å²) in [7, 11) is 3.34. The maximum atomic E-state index is 5.42. The number of nitrogens with zero attached hydrogens (tertiary/aromatic N) is 1. The van der Waals surface area contributed by atoms with Crippen molar-refractivity contribution >= 4 is 11.8 Å². The molecule has 3 nitrogen and oxygen atoms in total. The molecule has 0 bridgehead atoms. The quantitative estimate of drug-likeness (QED) is 0.771. The van der Waals surface area contributed by atoms with E-state index in [1.54, 1.807) is 14.2 Å². The molecule has 0 saturated heterocycles. The maximum absolute atomic E-state index is 5.42. The Hall–Kier alpha value is -2.55. The average Bonchev–Trinajstić information content (AvgIpc) is 2.63. The summed E-state index contributed by atoms with van der Waals surface area (Å²) in [6.07, 6.45) is 5.43. The second kappa shape index (κ2) is 7.35. The van der Waals surface area contributed by atoms with Crippen LogP contribution >= 0.6 is 0 Å². The Bertz CT molecular complexity index is 763. The smallest absolute Gasteiger partial charge is 0.168 e. The van der Waals surface area contributed by atoms with Gasteiger partial charge in [0.05, 0.1) is 14.2 Å². The van der Waals surface area contributed by atoms with Crippen LogP contribution < -0.4 is 9.47 Å². The Kier molecular flexibility index (Phi) is 4.99.